The molecule has 0 saturated heterocycles. The molecule has 0 spiro atoms. The van der Waals surface area contributed by atoms with Crippen LogP contribution in [0, 0.1) is 0 Å². The summed E-state index contributed by atoms with van der Waals surface area (Å²) in [6, 6.07) is 8.29. The van der Waals surface area contributed by atoms with Crippen LogP contribution in [0.25, 0.3) is 6.08 Å². The third kappa shape index (κ3) is 0.785. The van der Waals surface area contributed by atoms with Crippen LogP contribution in [0.2, 0.25) is 0 Å². The Balaban J connectivity index is 2.54. The summed E-state index contributed by atoms with van der Waals surface area (Å²) in [5.74, 6) is 0. The van der Waals surface area contributed by atoms with Crippen molar-refractivity contribution in [3.63, 3.8) is 0 Å². The Kier molecular flexibility index (Phi) is 1.16. The summed E-state index contributed by atoms with van der Waals surface area (Å²) in [5.41, 5.74) is 3.60. The highest BCUT2D eigenvalue weighted by Gasteiger charge is 2.05. The molecular weight excluding hydrogens is 119 g/mol. The van der Waals surface area contributed by atoms with Gasteiger partial charge in [0.1, 0.15) is 7.85 Å². The quantitative estimate of drug-likeness (QED) is 0.464. The van der Waals surface area contributed by atoms with E-state index in [1.54, 1.807) is 0 Å². The van der Waals surface area contributed by atoms with Crippen molar-refractivity contribution in [3.8, 4) is 0 Å². The summed E-state index contributed by atoms with van der Waals surface area (Å²) in [7, 11) is 5.65. The van der Waals surface area contributed by atoms with E-state index in [0.29, 0.717) is 0 Å². The molecule has 0 unspecified atom stereocenters. The molecule has 0 aromatic heterocycles. The lowest BCUT2D eigenvalue weighted by Crippen LogP contribution is -1.81. The van der Waals surface area contributed by atoms with Crippen molar-refractivity contribution in [1.82, 2.24) is 0 Å². The van der Waals surface area contributed by atoms with Gasteiger partial charge in [-0.3, -0.25) is 0 Å². The summed E-state index contributed by atoms with van der Waals surface area (Å²) < 4.78 is 0. The first-order valence-corrected chi connectivity index (χ1v) is 3.40. The summed E-state index contributed by atoms with van der Waals surface area (Å²) >= 11 is 0. The molecule has 0 atom stereocenters. The minimum Gasteiger partial charge on any atom is -0.113 e. The molecule has 1 aromatic rings. The normalized spacial score (nSPS) is 14.6. The van der Waals surface area contributed by atoms with Gasteiger partial charge in [0, 0.05) is 0 Å². The monoisotopic (exact) mass is 126 g/mol. The lowest BCUT2D eigenvalue weighted by atomic mass is 9.94. The average Bonchev–Trinajstić information content (AvgIpc) is 2.27. The van der Waals surface area contributed by atoms with Crippen LogP contribution in [0.1, 0.15) is 11.1 Å². The van der Waals surface area contributed by atoms with Gasteiger partial charge in [-0.25, -0.2) is 0 Å². The number of hydrogen-bond donors (Lipinski definition) is 0. The molecular formula is C9H7B. The molecule has 2 radical (unpaired) electrons. The Morgan fingerprint density at radius 1 is 1.20 bits per heavy atom. The molecule has 0 aliphatic heterocycles. The first-order valence-electron chi connectivity index (χ1n) is 3.40. The molecule has 0 N–H and O–H groups in total. The number of fused-ring (bicyclic) bond motifs is 1. The minimum absolute atomic E-state index is 0.927. The molecule has 2 rings (SSSR count). The molecule has 10 heavy (non-hydrogen) atoms. The van der Waals surface area contributed by atoms with E-state index in [1.165, 1.54) is 11.1 Å². The van der Waals surface area contributed by atoms with E-state index < -0.39 is 0 Å². The summed E-state index contributed by atoms with van der Waals surface area (Å²) in [5, 5.41) is 0. The third-order valence-corrected chi connectivity index (χ3v) is 1.79. The second-order valence-electron chi connectivity index (χ2n) is 2.59. The van der Waals surface area contributed by atoms with Gasteiger partial charge in [0.2, 0.25) is 0 Å². The number of allylic oxidation sites excluding steroid dienone is 1. The molecule has 0 saturated carbocycles. The molecule has 1 aliphatic carbocycles. The molecule has 46 valence electrons. The van der Waals surface area contributed by atoms with Crippen LogP contribution >= 0.6 is 0 Å². The Morgan fingerprint density at radius 2 is 2.00 bits per heavy atom. The topological polar surface area (TPSA) is 0 Å². The highest BCUT2D eigenvalue weighted by molar-refractivity contribution is 6.24. The van der Waals surface area contributed by atoms with Crippen molar-refractivity contribution in [1.29, 1.82) is 0 Å². The number of rotatable bonds is 0. The molecule has 1 heteroatoms. The zero-order valence-electron chi connectivity index (χ0n) is 5.67. The molecule has 1 aliphatic rings. The first kappa shape index (κ1) is 5.78. The van der Waals surface area contributed by atoms with Crippen LogP contribution in [0.5, 0.6) is 0 Å². The molecule has 0 heterocycles. The maximum Gasteiger partial charge on any atom is 0.108 e. The predicted octanol–water partition coefficient (Wildman–Crippen LogP) is 1.75. The SMILES string of the molecule is [B]C1=Cc2ccccc2C1. The minimum atomic E-state index is 0.927. The fraction of sp³-hybridized carbons (Fsp3) is 0.111. The first-order chi connectivity index (χ1) is 4.86. The second-order valence-corrected chi connectivity index (χ2v) is 2.59. The van der Waals surface area contributed by atoms with Gasteiger partial charge in [-0.05, 0) is 17.5 Å². The van der Waals surface area contributed by atoms with Gasteiger partial charge in [0.15, 0.2) is 0 Å². The van der Waals surface area contributed by atoms with Gasteiger partial charge in [-0.15, -0.1) is 5.47 Å². The van der Waals surface area contributed by atoms with Gasteiger partial charge in [0.25, 0.3) is 0 Å². The van der Waals surface area contributed by atoms with E-state index in [1.807, 2.05) is 18.2 Å². The fourth-order valence-electron chi connectivity index (χ4n) is 1.31. The van der Waals surface area contributed by atoms with Crippen molar-refractivity contribution in [2.24, 2.45) is 0 Å². The Bertz CT molecular complexity index is 287. The molecule has 0 fully saturated rings. The zero-order chi connectivity index (χ0) is 6.97. The number of benzene rings is 1. The summed E-state index contributed by atoms with van der Waals surface area (Å²) in [6.07, 6.45) is 2.96. The van der Waals surface area contributed by atoms with Crippen LogP contribution in [0.15, 0.2) is 29.7 Å². The van der Waals surface area contributed by atoms with Crippen LogP contribution in [-0.4, -0.2) is 7.85 Å². The van der Waals surface area contributed by atoms with Gasteiger partial charge >= 0.3 is 0 Å². The Morgan fingerprint density at radius 3 is 2.80 bits per heavy atom. The zero-order valence-corrected chi connectivity index (χ0v) is 5.67. The highest BCUT2D eigenvalue weighted by Crippen LogP contribution is 2.21. The average molecular weight is 126 g/mol. The van der Waals surface area contributed by atoms with Crippen molar-refractivity contribution >= 4 is 13.9 Å². The van der Waals surface area contributed by atoms with Crippen LogP contribution in [-0.2, 0) is 6.42 Å². The lowest BCUT2D eigenvalue weighted by molar-refractivity contribution is 1.29. The second kappa shape index (κ2) is 2.01. The molecule has 1 aromatic carbocycles. The molecule has 0 nitrogen and oxygen atoms in total. The van der Waals surface area contributed by atoms with E-state index in [9.17, 15) is 0 Å². The van der Waals surface area contributed by atoms with E-state index in [2.05, 4.69) is 12.1 Å². The van der Waals surface area contributed by atoms with E-state index in [-0.39, 0.29) is 0 Å². The van der Waals surface area contributed by atoms with E-state index >= 15 is 0 Å². The maximum atomic E-state index is 5.65. The lowest BCUT2D eigenvalue weighted by Gasteiger charge is -1.94. The molecule has 0 amide bonds. The van der Waals surface area contributed by atoms with Crippen LogP contribution in [0.4, 0.5) is 0 Å². The fourth-order valence-corrected chi connectivity index (χ4v) is 1.31. The Hall–Kier alpha value is -0.975. The molecule has 0 bridgehead atoms. The van der Waals surface area contributed by atoms with Crippen molar-refractivity contribution in [2.45, 2.75) is 6.42 Å². The predicted molar refractivity (Wildman–Crippen MR) is 43.9 cm³/mol. The Labute approximate surface area is 62.0 Å². The van der Waals surface area contributed by atoms with E-state index in [4.69, 9.17) is 7.85 Å². The largest absolute Gasteiger partial charge is 0.113 e. The van der Waals surface area contributed by atoms with E-state index in [0.717, 1.165) is 11.9 Å². The van der Waals surface area contributed by atoms with Crippen molar-refractivity contribution < 1.29 is 0 Å². The highest BCUT2D eigenvalue weighted by atomic mass is 14.1. The van der Waals surface area contributed by atoms with Gasteiger partial charge in [-0.2, -0.15) is 0 Å². The third-order valence-electron chi connectivity index (χ3n) is 1.79. The van der Waals surface area contributed by atoms with Gasteiger partial charge < -0.3 is 0 Å². The van der Waals surface area contributed by atoms with Crippen molar-refractivity contribution in [2.75, 3.05) is 0 Å². The van der Waals surface area contributed by atoms with Crippen LogP contribution in [0.3, 0.4) is 0 Å². The number of hydrogen-bond acceptors (Lipinski definition) is 0. The van der Waals surface area contributed by atoms with Gasteiger partial charge in [-0.1, -0.05) is 30.3 Å². The van der Waals surface area contributed by atoms with Gasteiger partial charge in [0.05, 0.1) is 0 Å². The van der Waals surface area contributed by atoms with Crippen LogP contribution < -0.4 is 0 Å². The maximum absolute atomic E-state index is 5.65. The summed E-state index contributed by atoms with van der Waals surface area (Å²) in [4.78, 5) is 0. The smallest absolute Gasteiger partial charge is 0.108 e. The van der Waals surface area contributed by atoms with Crippen molar-refractivity contribution in [3.05, 3.63) is 40.9 Å². The standard InChI is InChI=1S/C9H7B/c10-9-5-7-3-1-2-4-8(7)6-9/h1-5H,6H2. The summed E-state index contributed by atoms with van der Waals surface area (Å²) in [6.45, 7) is 0.